The van der Waals surface area contributed by atoms with E-state index in [9.17, 15) is 14.7 Å². The maximum atomic E-state index is 11.4. The quantitative estimate of drug-likeness (QED) is 0.790. The van der Waals surface area contributed by atoms with Gasteiger partial charge in [0.15, 0.2) is 0 Å². The highest BCUT2D eigenvalue weighted by molar-refractivity contribution is 7.99. The molecule has 1 N–H and O–H groups in total. The number of esters is 1. The Balaban J connectivity index is 2.29. The van der Waals surface area contributed by atoms with Crippen molar-refractivity contribution in [1.29, 1.82) is 0 Å². The summed E-state index contributed by atoms with van der Waals surface area (Å²) in [6, 6.07) is 0.956. The average molecular weight is 283 g/mol. The molecule has 1 aromatic heterocycles. The van der Waals surface area contributed by atoms with Gasteiger partial charge in [-0.1, -0.05) is 0 Å². The zero-order valence-corrected chi connectivity index (χ0v) is 11.1. The van der Waals surface area contributed by atoms with Crippen LogP contribution in [0.3, 0.4) is 0 Å². The van der Waals surface area contributed by atoms with Crippen LogP contribution in [-0.4, -0.2) is 58.2 Å². The van der Waals surface area contributed by atoms with Crippen molar-refractivity contribution in [3.63, 3.8) is 0 Å². The molecule has 0 spiro atoms. The molecule has 1 aromatic rings. The number of carboxylic acids is 1. The summed E-state index contributed by atoms with van der Waals surface area (Å²) in [5, 5.41) is 9.20. The van der Waals surface area contributed by atoms with Gasteiger partial charge in [0, 0.05) is 24.2 Å². The number of carbonyl (C=O) groups excluding carboxylic acids is 1. The van der Waals surface area contributed by atoms with Crippen LogP contribution < -0.4 is 4.90 Å². The fourth-order valence-electron chi connectivity index (χ4n) is 1.78. The minimum Gasteiger partial charge on any atom is -0.480 e. The zero-order chi connectivity index (χ0) is 13.8. The van der Waals surface area contributed by atoms with Crippen molar-refractivity contribution >= 4 is 29.5 Å². The number of methoxy groups -OCH3 is 1. The van der Waals surface area contributed by atoms with E-state index >= 15 is 0 Å². The average Bonchev–Trinajstić information content (AvgIpc) is 2.46. The summed E-state index contributed by atoms with van der Waals surface area (Å²) >= 11 is 1.59. The fourth-order valence-corrected chi connectivity index (χ4v) is 2.82. The number of carboxylic acid groups (broad SMARTS) is 1. The number of thioether (sulfide) groups is 1. The van der Waals surface area contributed by atoms with E-state index in [2.05, 4.69) is 14.7 Å². The number of aliphatic carboxylic acids is 1. The van der Waals surface area contributed by atoms with E-state index < -0.39 is 18.0 Å². The van der Waals surface area contributed by atoms with Crippen LogP contribution in [0.1, 0.15) is 10.6 Å². The van der Waals surface area contributed by atoms with E-state index in [0.29, 0.717) is 18.1 Å². The molecule has 0 bridgehead atoms. The molecule has 0 amide bonds. The number of hydrogen-bond donors (Lipinski definition) is 1. The Hall–Kier alpha value is -1.83. The summed E-state index contributed by atoms with van der Waals surface area (Å²) in [7, 11) is 1.25. The number of carbonyl (C=O) groups is 2. The molecule has 1 aliphatic rings. The second-order valence-corrected chi connectivity index (χ2v) is 5.00. The van der Waals surface area contributed by atoms with Gasteiger partial charge in [-0.3, -0.25) is 0 Å². The van der Waals surface area contributed by atoms with Crippen LogP contribution in [0.5, 0.6) is 0 Å². The van der Waals surface area contributed by atoms with E-state index in [4.69, 9.17) is 0 Å². The van der Waals surface area contributed by atoms with E-state index in [0.717, 1.165) is 5.75 Å². The molecule has 0 aliphatic carbocycles. The Morgan fingerprint density at radius 1 is 1.58 bits per heavy atom. The zero-order valence-electron chi connectivity index (χ0n) is 10.3. The number of hydrogen-bond acceptors (Lipinski definition) is 7. The lowest BCUT2D eigenvalue weighted by Gasteiger charge is -2.33. The van der Waals surface area contributed by atoms with Crippen molar-refractivity contribution in [2.24, 2.45) is 0 Å². The van der Waals surface area contributed by atoms with Crippen molar-refractivity contribution in [1.82, 2.24) is 9.97 Å². The molecule has 19 heavy (non-hydrogen) atoms. The van der Waals surface area contributed by atoms with Crippen molar-refractivity contribution in [3.8, 4) is 0 Å². The summed E-state index contributed by atoms with van der Waals surface area (Å²) in [5.74, 6) is 0.143. The summed E-state index contributed by atoms with van der Waals surface area (Å²) < 4.78 is 4.55. The Morgan fingerprint density at radius 2 is 2.37 bits per heavy atom. The molecule has 2 heterocycles. The van der Waals surface area contributed by atoms with Gasteiger partial charge in [-0.2, -0.15) is 11.8 Å². The minimum absolute atomic E-state index is 0.0673. The molecule has 8 heteroatoms. The first-order valence-electron chi connectivity index (χ1n) is 5.62. The van der Waals surface area contributed by atoms with Crippen LogP contribution in [0.25, 0.3) is 0 Å². The maximum Gasteiger partial charge on any atom is 0.376 e. The minimum atomic E-state index is -0.898. The molecule has 1 fully saturated rings. The number of ether oxygens (including phenoxy) is 1. The van der Waals surface area contributed by atoms with Gasteiger partial charge >= 0.3 is 11.9 Å². The summed E-state index contributed by atoms with van der Waals surface area (Å²) in [6.45, 7) is 0.569. The third-order valence-corrected chi connectivity index (χ3v) is 3.74. The third kappa shape index (κ3) is 2.95. The van der Waals surface area contributed by atoms with Crippen LogP contribution in [0, 0.1) is 0 Å². The predicted octanol–water partition coefficient (Wildman–Crippen LogP) is 0.270. The molecule has 7 nitrogen and oxygen atoms in total. The number of nitrogens with zero attached hydrogens (tertiary/aromatic N) is 3. The highest BCUT2D eigenvalue weighted by Gasteiger charge is 2.30. The lowest BCUT2D eigenvalue weighted by Crippen LogP contribution is -2.48. The maximum absolute atomic E-state index is 11.4. The van der Waals surface area contributed by atoms with Gasteiger partial charge in [0.25, 0.3) is 0 Å². The molecule has 1 saturated heterocycles. The SMILES string of the molecule is COC(=O)c1nccc(N2CCSCC2C(=O)O)n1. The monoisotopic (exact) mass is 283 g/mol. The molecule has 2 rings (SSSR count). The molecule has 102 valence electrons. The van der Waals surface area contributed by atoms with Gasteiger partial charge < -0.3 is 14.7 Å². The van der Waals surface area contributed by atoms with Gasteiger partial charge in [0.05, 0.1) is 7.11 Å². The second-order valence-electron chi connectivity index (χ2n) is 3.85. The number of rotatable bonds is 3. The van der Waals surface area contributed by atoms with E-state index in [1.165, 1.54) is 13.3 Å². The highest BCUT2D eigenvalue weighted by Crippen LogP contribution is 2.22. The second kappa shape index (κ2) is 5.87. The molecule has 0 saturated carbocycles. The van der Waals surface area contributed by atoms with Gasteiger partial charge in [0.1, 0.15) is 11.9 Å². The Morgan fingerprint density at radius 3 is 3.05 bits per heavy atom. The summed E-state index contributed by atoms with van der Waals surface area (Å²) in [5.41, 5.74) is 0. The first-order chi connectivity index (χ1) is 9.13. The van der Waals surface area contributed by atoms with Crippen LogP contribution >= 0.6 is 11.8 Å². The van der Waals surface area contributed by atoms with Crippen LogP contribution in [-0.2, 0) is 9.53 Å². The highest BCUT2D eigenvalue weighted by atomic mass is 32.2. The van der Waals surface area contributed by atoms with Crippen molar-refractivity contribution in [2.75, 3.05) is 30.1 Å². The fraction of sp³-hybridized carbons (Fsp3) is 0.455. The molecule has 0 aromatic carbocycles. The molecule has 1 atom stereocenters. The Bertz CT molecular complexity index is 497. The largest absolute Gasteiger partial charge is 0.480 e. The summed E-state index contributed by atoms with van der Waals surface area (Å²) in [6.07, 6.45) is 1.43. The number of aromatic nitrogens is 2. The van der Waals surface area contributed by atoms with E-state index in [1.807, 2.05) is 0 Å². The standard InChI is InChI=1S/C11H13N3O4S/c1-18-11(17)9-12-3-2-8(13-9)14-4-5-19-6-7(14)10(15)16/h2-3,7H,4-6H2,1H3,(H,15,16). The van der Waals surface area contributed by atoms with Crippen molar-refractivity contribution in [2.45, 2.75) is 6.04 Å². The topological polar surface area (TPSA) is 92.6 Å². The lowest BCUT2D eigenvalue weighted by molar-refractivity contribution is -0.138. The molecular formula is C11H13N3O4S. The molecular weight excluding hydrogens is 270 g/mol. The first kappa shape index (κ1) is 13.6. The smallest absolute Gasteiger partial charge is 0.376 e. The number of anilines is 1. The van der Waals surface area contributed by atoms with Gasteiger partial charge in [-0.15, -0.1) is 0 Å². The van der Waals surface area contributed by atoms with E-state index in [1.54, 1.807) is 22.7 Å². The third-order valence-electron chi connectivity index (χ3n) is 2.72. The Labute approximate surface area is 114 Å². The molecule has 0 radical (unpaired) electrons. The van der Waals surface area contributed by atoms with Crippen LogP contribution in [0.4, 0.5) is 5.82 Å². The summed E-state index contributed by atoms with van der Waals surface area (Å²) in [4.78, 5) is 32.2. The van der Waals surface area contributed by atoms with Gasteiger partial charge in [-0.25, -0.2) is 19.6 Å². The molecule has 1 aliphatic heterocycles. The van der Waals surface area contributed by atoms with Gasteiger partial charge in [0.2, 0.25) is 5.82 Å². The van der Waals surface area contributed by atoms with Crippen molar-refractivity contribution in [3.05, 3.63) is 18.1 Å². The Kier molecular flexibility index (Phi) is 4.20. The first-order valence-corrected chi connectivity index (χ1v) is 6.77. The molecule has 1 unspecified atom stereocenters. The van der Waals surface area contributed by atoms with Gasteiger partial charge in [-0.05, 0) is 6.07 Å². The normalized spacial score (nSPS) is 19.0. The predicted molar refractivity (Wildman–Crippen MR) is 69.5 cm³/mol. The van der Waals surface area contributed by atoms with Crippen LogP contribution in [0.15, 0.2) is 12.3 Å². The van der Waals surface area contributed by atoms with E-state index in [-0.39, 0.29) is 5.82 Å². The lowest BCUT2D eigenvalue weighted by atomic mass is 10.2. The van der Waals surface area contributed by atoms with Crippen molar-refractivity contribution < 1.29 is 19.4 Å². The van der Waals surface area contributed by atoms with Crippen LogP contribution in [0.2, 0.25) is 0 Å².